The van der Waals surface area contributed by atoms with E-state index in [9.17, 15) is 13.2 Å². The lowest BCUT2D eigenvalue weighted by molar-refractivity contribution is 0.102. The van der Waals surface area contributed by atoms with Gasteiger partial charge in [0.05, 0.1) is 4.90 Å². The maximum Gasteiger partial charge on any atom is 0.255 e. The van der Waals surface area contributed by atoms with Crippen LogP contribution in [0.25, 0.3) is 10.8 Å². The number of amides is 1. The van der Waals surface area contributed by atoms with Gasteiger partial charge in [-0.1, -0.05) is 36.8 Å². The number of fused-ring (bicyclic) bond motifs is 1. The molecule has 0 spiro atoms. The van der Waals surface area contributed by atoms with E-state index >= 15 is 0 Å². The van der Waals surface area contributed by atoms with Gasteiger partial charge in [-0.25, -0.2) is 8.42 Å². The summed E-state index contributed by atoms with van der Waals surface area (Å²) < 4.78 is 27.4. The van der Waals surface area contributed by atoms with Crippen molar-refractivity contribution >= 4 is 32.4 Å². The molecule has 150 valence electrons. The van der Waals surface area contributed by atoms with E-state index in [0.717, 1.165) is 30.0 Å². The Kier molecular flexibility index (Phi) is 5.39. The average Bonchev–Trinajstić information content (AvgIpc) is 2.74. The molecule has 1 fully saturated rings. The fourth-order valence-electron chi connectivity index (χ4n) is 3.81. The van der Waals surface area contributed by atoms with Crippen LogP contribution in [-0.4, -0.2) is 31.2 Å². The van der Waals surface area contributed by atoms with Crippen LogP contribution in [0.5, 0.6) is 0 Å². The molecule has 1 heterocycles. The number of rotatable bonds is 4. The van der Waals surface area contributed by atoms with Gasteiger partial charge in [0.1, 0.15) is 0 Å². The van der Waals surface area contributed by atoms with Crippen LogP contribution >= 0.6 is 0 Å². The van der Waals surface area contributed by atoms with Crippen LogP contribution < -0.4 is 5.32 Å². The lowest BCUT2D eigenvalue weighted by atomic mass is 10.1. The van der Waals surface area contributed by atoms with Crippen LogP contribution in [0, 0.1) is 0 Å². The second-order valence-electron chi connectivity index (χ2n) is 7.50. The quantitative estimate of drug-likeness (QED) is 0.683. The smallest absolute Gasteiger partial charge is 0.255 e. The first kappa shape index (κ1) is 19.6. The Labute approximate surface area is 171 Å². The van der Waals surface area contributed by atoms with E-state index in [2.05, 4.69) is 5.32 Å². The number of benzene rings is 3. The molecular weight excluding hydrogens is 384 g/mol. The highest BCUT2D eigenvalue weighted by atomic mass is 32.2. The summed E-state index contributed by atoms with van der Waals surface area (Å²) in [5, 5.41) is 5.03. The third-order valence-corrected chi connectivity index (χ3v) is 7.50. The second kappa shape index (κ2) is 7.97. The molecule has 3 aromatic rings. The minimum atomic E-state index is -3.54. The van der Waals surface area contributed by atoms with Gasteiger partial charge < -0.3 is 5.32 Å². The molecular formula is C23H24N2O3S. The molecule has 6 heteroatoms. The number of hydrogen-bond donors (Lipinski definition) is 1. The topological polar surface area (TPSA) is 66.5 Å². The molecule has 1 N–H and O–H groups in total. The summed E-state index contributed by atoms with van der Waals surface area (Å²) in [6.07, 6.45) is 2.82. The minimum Gasteiger partial charge on any atom is -0.322 e. The van der Waals surface area contributed by atoms with Crippen molar-refractivity contribution in [3.63, 3.8) is 0 Å². The van der Waals surface area contributed by atoms with Gasteiger partial charge in [-0.15, -0.1) is 0 Å². The summed E-state index contributed by atoms with van der Waals surface area (Å²) in [5.41, 5.74) is 1.12. The van der Waals surface area contributed by atoms with Gasteiger partial charge >= 0.3 is 0 Å². The van der Waals surface area contributed by atoms with Crippen molar-refractivity contribution in [2.24, 2.45) is 0 Å². The first-order chi connectivity index (χ1) is 13.9. The molecule has 0 unspecified atom stereocenters. The number of sulfonamides is 1. The van der Waals surface area contributed by atoms with Crippen molar-refractivity contribution in [3.05, 3.63) is 72.3 Å². The molecule has 0 radical (unpaired) electrons. The summed E-state index contributed by atoms with van der Waals surface area (Å²) in [5.74, 6) is -0.268. The molecule has 0 bridgehead atoms. The van der Waals surface area contributed by atoms with E-state index in [4.69, 9.17) is 0 Å². The Bertz CT molecular complexity index is 1140. The molecule has 1 saturated heterocycles. The molecule has 0 saturated carbocycles. The van der Waals surface area contributed by atoms with E-state index in [-0.39, 0.29) is 16.8 Å². The Morgan fingerprint density at radius 2 is 1.69 bits per heavy atom. The Morgan fingerprint density at radius 1 is 0.966 bits per heavy atom. The molecule has 5 nitrogen and oxygen atoms in total. The maximum atomic E-state index is 12.9. The van der Waals surface area contributed by atoms with Gasteiger partial charge in [0, 0.05) is 23.8 Å². The largest absolute Gasteiger partial charge is 0.322 e. The number of nitrogens with zero attached hydrogens (tertiary/aromatic N) is 1. The summed E-state index contributed by atoms with van der Waals surface area (Å²) >= 11 is 0. The number of carbonyl (C=O) groups is 1. The standard InChI is InChI=1S/C23H24N2O3S/c1-17-6-4-5-15-25(17)29(27,28)22-13-10-19(11-14-22)23(26)24-21-12-9-18-7-2-3-8-20(18)16-21/h2-3,7-14,16-17H,4-6,15H2,1H3,(H,24,26)/t17-/m1/s1. The summed E-state index contributed by atoms with van der Waals surface area (Å²) in [4.78, 5) is 12.8. The first-order valence-corrected chi connectivity index (χ1v) is 11.3. The van der Waals surface area contributed by atoms with E-state index in [1.165, 1.54) is 12.1 Å². The average molecular weight is 409 g/mol. The normalized spacial score (nSPS) is 17.9. The molecule has 1 aliphatic heterocycles. The first-order valence-electron chi connectivity index (χ1n) is 9.87. The predicted octanol–water partition coefficient (Wildman–Crippen LogP) is 4.66. The van der Waals surface area contributed by atoms with Crippen molar-refractivity contribution in [1.29, 1.82) is 0 Å². The zero-order valence-electron chi connectivity index (χ0n) is 16.3. The maximum absolute atomic E-state index is 12.9. The zero-order chi connectivity index (χ0) is 20.4. The number of piperidine rings is 1. The van der Waals surface area contributed by atoms with Crippen LogP contribution in [-0.2, 0) is 10.0 Å². The van der Waals surface area contributed by atoms with Crippen molar-refractivity contribution in [1.82, 2.24) is 4.31 Å². The van der Waals surface area contributed by atoms with Crippen molar-refractivity contribution in [3.8, 4) is 0 Å². The van der Waals surface area contributed by atoms with Crippen LogP contribution in [0.1, 0.15) is 36.5 Å². The molecule has 1 amide bonds. The number of hydrogen-bond acceptors (Lipinski definition) is 3. The fourth-order valence-corrected chi connectivity index (χ4v) is 5.51. The van der Waals surface area contributed by atoms with E-state index in [1.54, 1.807) is 16.4 Å². The zero-order valence-corrected chi connectivity index (χ0v) is 17.2. The summed E-state index contributed by atoms with van der Waals surface area (Å²) in [6.45, 7) is 2.50. The van der Waals surface area contributed by atoms with E-state index < -0.39 is 10.0 Å². The molecule has 1 atom stereocenters. The highest BCUT2D eigenvalue weighted by molar-refractivity contribution is 7.89. The number of nitrogens with one attached hydrogen (secondary N) is 1. The van der Waals surface area contributed by atoms with Crippen LogP contribution in [0.15, 0.2) is 71.6 Å². The Morgan fingerprint density at radius 3 is 2.41 bits per heavy atom. The fraction of sp³-hybridized carbons (Fsp3) is 0.261. The van der Waals surface area contributed by atoms with Crippen molar-refractivity contribution in [2.45, 2.75) is 37.1 Å². The van der Waals surface area contributed by atoms with Gasteiger partial charge in [-0.05, 0) is 66.9 Å². The summed E-state index contributed by atoms with van der Waals surface area (Å²) in [7, 11) is -3.54. The van der Waals surface area contributed by atoms with Gasteiger partial charge in [0.2, 0.25) is 10.0 Å². The lowest BCUT2D eigenvalue weighted by Crippen LogP contribution is -2.41. The SMILES string of the molecule is C[C@@H]1CCCCN1S(=O)(=O)c1ccc(C(=O)Nc2ccc3ccccc3c2)cc1. The van der Waals surface area contributed by atoms with Crippen LogP contribution in [0.4, 0.5) is 5.69 Å². The molecule has 29 heavy (non-hydrogen) atoms. The Hall–Kier alpha value is -2.70. The molecule has 3 aromatic carbocycles. The molecule has 0 aliphatic carbocycles. The highest BCUT2D eigenvalue weighted by Crippen LogP contribution is 2.25. The highest BCUT2D eigenvalue weighted by Gasteiger charge is 2.30. The Balaban J connectivity index is 1.51. The second-order valence-corrected chi connectivity index (χ2v) is 9.39. The van der Waals surface area contributed by atoms with Gasteiger partial charge in [0.25, 0.3) is 5.91 Å². The summed E-state index contributed by atoms with van der Waals surface area (Å²) in [6, 6.07) is 19.9. The number of carbonyl (C=O) groups excluding carboxylic acids is 1. The monoisotopic (exact) mass is 408 g/mol. The predicted molar refractivity (Wildman–Crippen MR) is 116 cm³/mol. The van der Waals surface area contributed by atoms with Gasteiger partial charge in [-0.3, -0.25) is 4.79 Å². The molecule has 0 aromatic heterocycles. The third-order valence-electron chi connectivity index (χ3n) is 5.47. The van der Waals surface area contributed by atoms with Gasteiger partial charge in [-0.2, -0.15) is 4.31 Å². The van der Waals surface area contributed by atoms with E-state index in [0.29, 0.717) is 17.8 Å². The molecule has 4 rings (SSSR count). The van der Waals surface area contributed by atoms with E-state index in [1.807, 2.05) is 49.4 Å². The van der Waals surface area contributed by atoms with Crippen LogP contribution in [0.3, 0.4) is 0 Å². The van der Waals surface area contributed by atoms with Crippen molar-refractivity contribution in [2.75, 3.05) is 11.9 Å². The lowest BCUT2D eigenvalue weighted by Gasteiger charge is -2.32. The van der Waals surface area contributed by atoms with Crippen LogP contribution in [0.2, 0.25) is 0 Å². The third kappa shape index (κ3) is 4.04. The minimum absolute atomic E-state index is 0.00429. The van der Waals surface area contributed by atoms with Crippen molar-refractivity contribution < 1.29 is 13.2 Å². The molecule has 1 aliphatic rings. The number of anilines is 1. The van der Waals surface area contributed by atoms with Gasteiger partial charge in [0.15, 0.2) is 0 Å².